The zero-order chi connectivity index (χ0) is 9.97. The summed E-state index contributed by atoms with van der Waals surface area (Å²) in [6.07, 6.45) is 0. The van der Waals surface area contributed by atoms with E-state index in [9.17, 15) is 0 Å². The molecule has 1 heterocycles. The molecule has 0 saturated carbocycles. The summed E-state index contributed by atoms with van der Waals surface area (Å²) in [5.41, 5.74) is 0.890. The first-order valence-corrected chi connectivity index (χ1v) is 5.01. The molecule has 0 aliphatic rings. The first-order valence-electron chi connectivity index (χ1n) is 3.93. The molecule has 0 N–H and O–H groups in total. The highest BCUT2D eigenvalue weighted by molar-refractivity contribution is 14.1. The van der Waals surface area contributed by atoms with Crippen LogP contribution in [0.5, 0.6) is 5.75 Å². The molecule has 5 heteroatoms. The van der Waals surface area contributed by atoms with Crippen molar-refractivity contribution in [3.05, 3.63) is 28.1 Å². The van der Waals surface area contributed by atoms with Crippen LogP contribution in [0.1, 0.15) is 0 Å². The molecule has 0 saturated heterocycles. The van der Waals surface area contributed by atoms with Crippen molar-refractivity contribution in [2.75, 3.05) is 7.11 Å². The summed E-state index contributed by atoms with van der Waals surface area (Å²) in [7, 11) is 1.63. The molecule has 0 spiro atoms. The fraction of sp³-hybridized carbons (Fsp3) is 0.111. The van der Waals surface area contributed by atoms with Gasteiger partial charge in [-0.3, -0.25) is 0 Å². The molecule has 14 heavy (non-hydrogen) atoms. The highest BCUT2D eigenvalue weighted by Gasteiger charge is 2.05. The Balaban J connectivity index is 2.33. The molecular formula is C9H7IN2O2. The highest BCUT2D eigenvalue weighted by Crippen LogP contribution is 2.20. The predicted octanol–water partition coefficient (Wildman–Crippen LogP) is 2.35. The third kappa shape index (κ3) is 1.87. The second-order valence-corrected chi connectivity index (χ2v) is 3.56. The zero-order valence-electron chi connectivity index (χ0n) is 7.40. The van der Waals surface area contributed by atoms with Gasteiger partial charge in [0.1, 0.15) is 5.75 Å². The topological polar surface area (TPSA) is 48.2 Å². The third-order valence-corrected chi connectivity index (χ3v) is 2.18. The van der Waals surface area contributed by atoms with E-state index in [0.29, 0.717) is 9.72 Å². The molecule has 2 rings (SSSR count). The van der Waals surface area contributed by atoms with E-state index in [0.717, 1.165) is 11.3 Å². The van der Waals surface area contributed by atoms with Crippen LogP contribution in [-0.2, 0) is 0 Å². The van der Waals surface area contributed by atoms with Gasteiger partial charge in [0.15, 0.2) is 0 Å². The lowest BCUT2D eigenvalue weighted by molar-refractivity contribution is 0.414. The fourth-order valence-corrected chi connectivity index (χ4v) is 1.37. The van der Waals surface area contributed by atoms with E-state index in [-0.39, 0.29) is 0 Å². The standard InChI is InChI=1S/C9H7IN2O2/c1-13-7-4-2-6(3-5-7)8-11-9(10)12-14-8/h2-5H,1H3. The minimum absolute atomic E-state index is 0.525. The maximum atomic E-state index is 5.04. The van der Waals surface area contributed by atoms with Crippen molar-refractivity contribution in [1.82, 2.24) is 10.1 Å². The van der Waals surface area contributed by atoms with Crippen LogP contribution in [0.2, 0.25) is 0 Å². The Kier molecular flexibility index (Phi) is 2.67. The summed E-state index contributed by atoms with van der Waals surface area (Å²) in [6, 6.07) is 7.46. The number of halogens is 1. The van der Waals surface area contributed by atoms with E-state index in [2.05, 4.69) is 10.1 Å². The quantitative estimate of drug-likeness (QED) is 0.799. The lowest BCUT2D eigenvalue weighted by atomic mass is 10.2. The normalized spacial score (nSPS) is 10.1. The van der Waals surface area contributed by atoms with E-state index in [1.807, 2.05) is 46.9 Å². The van der Waals surface area contributed by atoms with Gasteiger partial charge in [-0.25, -0.2) is 0 Å². The monoisotopic (exact) mass is 302 g/mol. The minimum atomic E-state index is 0.525. The highest BCUT2D eigenvalue weighted by atomic mass is 127. The van der Waals surface area contributed by atoms with Crippen molar-refractivity contribution >= 4 is 22.6 Å². The van der Waals surface area contributed by atoms with Crippen molar-refractivity contribution in [1.29, 1.82) is 0 Å². The molecule has 0 aliphatic heterocycles. The van der Waals surface area contributed by atoms with Crippen molar-refractivity contribution < 1.29 is 9.26 Å². The number of ether oxygens (including phenoxy) is 1. The van der Waals surface area contributed by atoms with Gasteiger partial charge in [-0.05, 0) is 24.3 Å². The molecule has 4 nitrogen and oxygen atoms in total. The largest absolute Gasteiger partial charge is 0.497 e. The maximum absolute atomic E-state index is 5.04. The first kappa shape index (κ1) is 9.45. The van der Waals surface area contributed by atoms with Gasteiger partial charge in [-0.15, -0.1) is 0 Å². The molecule has 0 unspecified atom stereocenters. The lowest BCUT2D eigenvalue weighted by Gasteiger charge is -1.98. The number of hydrogen-bond donors (Lipinski definition) is 0. The molecule has 0 bridgehead atoms. The van der Waals surface area contributed by atoms with Crippen LogP contribution in [0.25, 0.3) is 11.5 Å². The van der Waals surface area contributed by atoms with E-state index >= 15 is 0 Å². The predicted molar refractivity (Wildman–Crippen MR) is 59.0 cm³/mol. The van der Waals surface area contributed by atoms with Crippen LogP contribution in [0.15, 0.2) is 28.8 Å². The van der Waals surface area contributed by atoms with Gasteiger partial charge in [-0.1, -0.05) is 5.16 Å². The van der Waals surface area contributed by atoms with Gasteiger partial charge in [0.2, 0.25) is 3.83 Å². The molecule has 0 fully saturated rings. The summed E-state index contributed by atoms with van der Waals surface area (Å²) >= 11 is 2.00. The van der Waals surface area contributed by atoms with Crippen LogP contribution < -0.4 is 4.74 Å². The fourth-order valence-electron chi connectivity index (χ4n) is 1.06. The molecule has 72 valence electrons. The molecule has 0 radical (unpaired) electrons. The van der Waals surface area contributed by atoms with Gasteiger partial charge in [0.05, 0.1) is 7.11 Å². The van der Waals surface area contributed by atoms with E-state index < -0.39 is 0 Å². The Hall–Kier alpha value is -1.11. The molecule has 2 aromatic rings. The summed E-state index contributed by atoms with van der Waals surface area (Å²) in [5, 5.41) is 3.70. The molecule has 1 aromatic heterocycles. The molecule has 0 aliphatic carbocycles. The van der Waals surface area contributed by atoms with Crippen molar-refractivity contribution in [3.8, 4) is 17.2 Å². The number of methoxy groups -OCH3 is 1. The smallest absolute Gasteiger partial charge is 0.258 e. The van der Waals surface area contributed by atoms with Crippen molar-refractivity contribution in [2.45, 2.75) is 0 Å². The summed E-state index contributed by atoms with van der Waals surface area (Å²) in [4.78, 5) is 4.10. The van der Waals surface area contributed by atoms with E-state index in [4.69, 9.17) is 9.26 Å². The molecule has 0 atom stereocenters. The second-order valence-electron chi connectivity index (χ2n) is 2.60. The number of aromatic nitrogens is 2. The Morgan fingerprint density at radius 3 is 2.50 bits per heavy atom. The van der Waals surface area contributed by atoms with Crippen LogP contribution in [0.4, 0.5) is 0 Å². The zero-order valence-corrected chi connectivity index (χ0v) is 9.56. The lowest BCUT2D eigenvalue weighted by Crippen LogP contribution is -1.82. The first-order chi connectivity index (χ1) is 6.79. The number of rotatable bonds is 2. The summed E-state index contributed by atoms with van der Waals surface area (Å²) in [5.74, 6) is 1.33. The van der Waals surface area contributed by atoms with E-state index in [1.165, 1.54) is 0 Å². The Morgan fingerprint density at radius 2 is 2.00 bits per heavy atom. The molecular weight excluding hydrogens is 295 g/mol. The SMILES string of the molecule is COc1ccc(-c2nc(I)no2)cc1. The van der Waals surface area contributed by atoms with Gasteiger partial charge < -0.3 is 9.26 Å². The molecule has 0 amide bonds. The average molecular weight is 302 g/mol. The summed E-state index contributed by atoms with van der Waals surface area (Å²) in [6.45, 7) is 0. The van der Waals surface area contributed by atoms with Crippen molar-refractivity contribution in [2.24, 2.45) is 0 Å². The van der Waals surface area contributed by atoms with Gasteiger partial charge in [0.25, 0.3) is 5.89 Å². The second kappa shape index (κ2) is 3.95. The van der Waals surface area contributed by atoms with Gasteiger partial charge in [0, 0.05) is 28.2 Å². The van der Waals surface area contributed by atoms with Crippen LogP contribution in [0, 0.1) is 3.83 Å². The van der Waals surface area contributed by atoms with Crippen LogP contribution in [-0.4, -0.2) is 17.3 Å². The minimum Gasteiger partial charge on any atom is -0.497 e. The average Bonchev–Trinajstić information content (AvgIpc) is 2.65. The number of benzene rings is 1. The van der Waals surface area contributed by atoms with E-state index in [1.54, 1.807) is 7.11 Å². The van der Waals surface area contributed by atoms with Gasteiger partial charge >= 0.3 is 0 Å². The Labute approximate surface area is 94.4 Å². The Bertz CT molecular complexity index is 425. The molecule has 1 aromatic carbocycles. The Morgan fingerprint density at radius 1 is 1.29 bits per heavy atom. The van der Waals surface area contributed by atoms with Crippen LogP contribution >= 0.6 is 22.6 Å². The maximum Gasteiger partial charge on any atom is 0.258 e. The van der Waals surface area contributed by atoms with Crippen LogP contribution in [0.3, 0.4) is 0 Å². The summed E-state index contributed by atoms with van der Waals surface area (Å²) < 4.78 is 10.7. The van der Waals surface area contributed by atoms with Gasteiger partial charge in [-0.2, -0.15) is 4.98 Å². The van der Waals surface area contributed by atoms with Crippen molar-refractivity contribution in [3.63, 3.8) is 0 Å². The third-order valence-electron chi connectivity index (χ3n) is 1.74. The number of nitrogens with zero attached hydrogens (tertiary/aromatic N) is 2. The number of hydrogen-bond acceptors (Lipinski definition) is 4.